The van der Waals surface area contributed by atoms with Gasteiger partial charge in [0.15, 0.2) is 0 Å². The molecule has 0 aliphatic heterocycles. The van der Waals surface area contributed by atoms with Crippen LogP contribution in [0.25, 0.3) is 88.1 Å². The van der Waals surface area contributed by atoms with Crippen LogP contribution in [0.3, 0.4) is 0 Å². The van der Waals surface area contributed by atoms with Gasteiger partial charge < -0.3 is 0 Å². The lowest BCUT2D eigenvalue weighted by atomic mass is 9.91. The molecular weight excluding hydrogens is 529 g/mol. The van der Waals surface area contributed by atoms with Crippen LogP contribution in [-0.4, -0.2) is 9.97 Å². The number of aromatic nitrogens is 2. The van der Waals surface area contributed by atoms with Gasteiger partial charge in [-0.25, -0.2) is 9.97 Å². The predicted octanol–water partition coefficient (Wildman–Crippen LogP) is 11.3. The third-order valence-electron chi connectivity index (χ3n) is 8.13. The first-order valence-electron chi connectivity index (χ1n) is 14.2. The molecule has 2 heterocycles. The largest absolute Gasteiger partial charge is 0.244 e. The molecule has 0 spiro atoms. The molecule has 0 fully saturated rings. The predicted molar refractivity (Wildman–Crippen MR) is 183 cm³/mol. The summed E-state index contributed by atoms with van der Waals surface area (Å²) in [6.45, 7) is 6.18. The maximum Gasteiger partial charge on any atom is 0.0973 e. The van der Waals surface area contributed by atoms with Crippen LogP contribution in [0, 0.1) is 0 Å². The molecule has 198 valence electrons. The zero-order valence-corrected chi connectivity index (χ0v) is 24.0. The quantitative estimate of drug-likeness (QED) is 0.202. The molecule has 3 heteroatoms. The molecular formula is C39H26N2S. The SMILES string of the molecule is C=Cc1sc2c(ccc3c4ccc(-c5nc6ccccc6nc5-c5ccccc5)cc4c4ccccc4c32)c1/C=C\C. The lowest BCUT2D eigenvalue weighted by Crippen LogP contribution is -1.95. The van der Waals surface area contributed by atoms with Gasteiger partial charge in [0.2, 0.25) is 0 Å². The second-order valence-electron chi connectivity index (χ2n) is 10.5. The van der Waals surface area contributed by atoms with Crippen molar-refractivity contribution < 1.29 is 0 Å². The molecule has 0 radical (unpaired) electrons. The van der Waals surface area contributed by atoms with Gasteiger partial charge in [0.05, 0.1) is 22.4 Å². The highest BCUT2D eigenvalue weighted by Crippen LogP contribution is 2.45. The van der Waals surface area contributed by atoms with Gasteiger partial charge in [0.1, 0.15) is 0 Å². The van der Waals surface area contributed by atoms with Crippen LogP contribution in [0.2, 0.25) is 0 Å². The number of fused-ring (bicyclic) bond motifs is 9. The maximum atomic E-state index is 5.17. The Morgan fingerprint density at radius 1 is 0.595 bits per heavy atom. The van der Waals surface area contributed by atoms with E-state index in [1.54, 1.807) is 0 Å². The van der Waals surface area contributed by atoms with E-state index < -0.39 is 0 Å². The molecule has 42 heavy (non-hydrogen) atoms. The number of para-hydroxylation sites is 2. The van der Waals surface area contributed by atoms with E-state index in [9.17, 15) is 0 Å². The Kier molecular flexibility index (Phi) is 5.73. The zero-order chi connectivity index (χ0) is 28.2. The number of nitrogens with zero attached hydrogens (tertiary/aromatic N) is 2. The Labute approximate surface area is 247 Å². The standard InChI is InChI=1S/C39H26N2S/c1-3-12-28-31-22-21-30-27-20-19-25(23-32(27)26-15-8-9-16-29(26)36(30)39(31)42-35(28)4-2)38-37(24-13-6-5-7-14-24)40-33-17-10-11-18-34(33)41-38/h3-23H,2H2,1H3/b12-3-. The van der Waals surface area contributed by atoms with Crippen molar-refractivity contribution in [1.82, 2.24) is 9.97 Å². The van der Waals surface area contributed by atoms with Gasteiger partial charge in [-0.15, -0.1) is 11.3 Å². The summed E-state index contributed by atoms with van der Waals surface area (Å²) in [5.41, 5.74) is 6.95. The molecule has 0 atom stereocenters. The molecule has 0 unspecified atom stereocenters. The molecule has 0 N–H and O–H groups in total. The lowest BCUT2D eigenvalue weighted by Gasteiger charge is -2.14. The van der Waals surface area contributed by atoms with Crippen molar-refractivity contribution in [2.75, 3.05) is 0 Å². The average molecular weight is 555 g/mol. The molecule has 6 aromatic carbocycles. The Balaban J connectivity index is 1.46. The summed E-state index contributed by atoms with van der Waals surface area (Å²) in [5, 5.41) is 8.82. The van der Waals surface area contributed by atoms with Crippen LogP contribution in [0.1, 0.15) is 17.4 Å². The molecule has 2 nitrogen and oxygen atoms in total. The fraction of sp³-hybridized carbons (Fsp3) is 0.0256. The molecule has 0 saturated heterocycles. The van der Waals surface area contributed by atoms with Crippen LogP contribution in [0.5, 0.6) is 0 Å². The summed E-state index contributed by atoms with van der Waals surface area (Å²) in [4.78, 5) is 11.5. The topological polar surface area (TPSA) is 25.8 Å². The van der Waals surface area contributed by atoms with E-state index in [-0.39, 0.29) is 0 Å². The van der Waals surface area contributed by atoms with Crippen LogP contribution >= 0.6 is 11.3 Å². The average Bonchev–Trinajstić information content (AvgIpc) is 3.42. The number of rotatable bonds is 4. The van der Waals surface area contributed by atoms with Crippen LogP contribution in [-0.2, 0) is 0 Å². The van der Waals surface area contributed by atoms with Crippen LogP contribution in [0.15, 0.2) is 122 Å². The van der Waals surface area contributed by atoms with Gasteiger partial charge in [-0.3, -0.25) is 0 Å². The van der Waals surface area contributed by atoms with E-state index in [0.717, 1.165) is 33.5 Å². The van der Waals surface area contributed by atoms with Gasteiger partial charge >= 0.3 is 0 Å². The molecule has 0 aliphatic rings. The fourth-order valence-corrected chi connectivity index (χ4v) is 7.47. The number of allylic oxidation sites excluding steroid dienone is 1. The van der Waals surface area contributed by atoms with Crippen LogP contribution < -0.4 is 0 Å². The third kappa shape index (κ3) is 3.71. The highest BCUT2D eigenvalue weighted by Gasteiger charge is 2.18. The highest BCUT2D eigenvalue weighted by atomic mass is 32.1. The Bertz CT molecular complexity index is 2360. The van der Waals surface area contributed by atoms with Crippen molar-refractivity contribution >= 4 is 76.9 Å². The van der Waals surface area contributed by atoms with E-state index in [4.69, 9.17) is 9.97 Å². The van der Waals surface area contributed by atoms with Gasteiger partial charge in [-0.1, -0.05) is 116 Å². The summed E-state index contributed by atoms with van der Waals surface area (Å²) >= 11 is 1.83. The van der Waals surface area contributed by atoms with E-state index >= 15 is 0 Å². The van der Waals surface area contributed by atoms with Crippen LogP contribution in [0.4, 0.5) is 0 Å². The maximum absolute atomic E-state index is 5.17. The van der Waals surface area contributed by atoms with Crippen molar-refractivity contribution in [3.8, 4) is 22.5 Å². The lowest BCUT2D eigenvalue weighted by molar-refractivity contribution is 1.29. The van der Waals surface area contributed by atoms with Crippen molar-refractivity contribution in [2.24, 2.45) is 0 Å². The molecule has 0 aliphatic carbocycles. The van der Waals surface area contributed by atoms with Crippen molar-refractivity contribution in [1.29, 1.82) is 0 Å². The first-order valence-corrected chi connectivity index (χ1v) is 15.0. The summed E-state index contributed by atoms with van der Waals surface area (Å²) in [6, 6.07) is 38.6. The smallest absolute Gasteiger partial charge is 0.0973 e. The third-order valence-corrected chi connectivity index (χ3v) is 9.37. The molecule has 0 saturated carbocycles. The number of benzene rings is 6. The summed E-state index contributed by atoms with van der Waals surface area (Å²) in [5.74, 6) is 0. The van der Waals surface area contributed by atoms with Crippen molar-refractivity contribution in [3.05, 3.63) is 132 Å². The number of hydrogen-bond donors (Lipinski definition) is 0. The Hall–Kier alpha value is -5.12. The minimum absolute atomic E-state index is 0.894. The Morgan fingerprint density at radius 2 is 1.19 bits per heavy atom. The van der Waals surface area contributed by atoms with Gasteiger partial charge in [-0.05, 0) is 57.6 Å². The first-order chi connectivity index (χ1) is 20.7. The number of thiophene rings is 1. The summed E-state index contributed by atoms with van der Waals surface area (Å²) < 4.78 is 1.31. The molecule has 2 aromatic heterocycles. The van der Waals surface area contributed by atoms with Gasteiger partial charge in [0, 0.05) is 31.5 Å². The van der Waals surface area contributed by atoms with E-state index in [0.29, 0.717) is 0 Å². The van der Waals surface area contributed by atoms with Gasteiger partial charge in [0.25, 0.3) is 0 Å². The molecule has 8 aromatic rings. The van der Waals surface area contributed by atoms with E-state index in [1.165, 1.54) is 52.8 Å². The second-order valence-corrected chi connectivity index (χ2v) is 11.6. The molecule has 8 rings (SSSR count). The minimum atomic E-state index is 0.894. The molecule has 0 bridgehead atoms. The van der Waals surface area contributed by atoms with E-state index in [2.05, 4.69) is 105 Å². The zero-order valence-electron chi connectivity index (χ0n) is 23.1. The normalized spacial score (nSPS) is 11.9. The number of hydrogen-bond acceptors (Lipinski definition) is 3. The highest BCUT2D eigenvalue weighted by molar-refractivity contribution is 7.21. The van der Waals surface area contributed by atoms with Crippen molar-refractivity contribution in [3.63, 3.8) is 0 Å². The summed E-state index contributed by atoms with van der Waals surface area (Å²) in [7, 11) is 0. The fourth-order valence-electron chi connectivity index (χ4n) is 6.26. The summed E-state index contributed by atoms with van der Waals surface area (Å²) in [6.07, 6.45) is 6.29. The minimum Gasteiger partial charge on any atom is -0.244 e. The van der Waals surface area contributed by atoms with E-state index in [1.807, 2.05) is 47.7 Å². The van der Waals surface area contributed by atoms with Crippen molar-refractivity contribution in [2.45, 2.75) is 6.92 Å². The first kappa shape index (κ1) is 24.7. The Morgan fingerprint density at radius 3 is 1.93 bits per heavy atom. The monoisotopic (exact) mass is 554 g/mol. The van der Waals surface area contributed by atoms with Gasteiger partial charge in [-0.2, -0.15) is 0 Å². The molecule has 0 amide bonds. The second kappa shape index (κ2) is 9.76.